The molecule has 0 bridgehead atoms. The highest BCUT2D eigenvalue weighted by molar-refractivity contribution is 6.39. The molecule has 0 unspecified atom stereocenters. The zero-order chi connectivity index (χ0) is 41.9. The van der Waals surface area contributed by atoms with Gasteiger partial charge in [0.15, 0.2) is 0 Å². The molecule has 0 radical (unpaired) electrons. The summed E-state index contributed by atoms with van der Waals surface area (Å²) in [6.07, 6.45) is 0. The second-order valence-electron chi connectivity index (χ2n) is 17.2. The first kappa shape index (κ1) is 35.2. The molecule has 296 valence electrons. The molecule has 0 amide bonds. The molecule has 14 rings (SSSR count). The summed E-state index contributed by atoms with van der Waals surface area (Å²) >= 11 is 0. The van der Waals surface area contributed by atoms with Gasteiger partial charge < -0.3 is 9.13 Å². The molecule has 0 atom stereocenters. The van der Waals surface area contributed by atoms with Gasteiger partial charge in [0, 0.05) is 32.9 Å². The van der Waals surface area contributed by atoms with E-state index >= 15 is 0 Å². The van der Waals surface area contributed by atoms with Gasteiger partial charge in [-0.2, -0.15) is 0 Å². The highest BCUT2D eigenvalue weighted by atomic mass is 15.0. The molecule has 2 heterocycles. The number of rotatable bonds is 4. The van der Waals surface area contributed by atoms with Crippen LogP contribution in [0.2, 0.25) is 0 Å². The van der Waals surface area contributed by atoms with Crippen molar-refractivity contribution in [2.45, 2.75) is 0 Å². The Hall–Kier alpha value is -8.46. The fourth-order valence-corrected chi connectivity index (χ4v) is 11.1. The van der Waals surface area contributed by atoms with Gasteiger partial charge in [-0.3, -0.25) is 0 Å². The highest BCUT2D eigenvalue weighted by Crippen LogP contribution is 2.45. The van der Waals surface area contributed by atoms with Gasteiger partial charge in [-0.05, 0) is 137 Å². The molecular weight excluding hydrogens is 773 g/mol. The van der Waals surface area contributed by atoms with E-state index in [1.807, 2.05) is 0 Å². The van der Waals surface area contributed by atoms with Gasteiger partial charge in [0.25, 0.3) is 0 Å². The van der Waals surface area contributed by atoms with Gasteiger partial charge >= 0.3 is 0 Å². The van der Waals surface area contributed by atoms with Crippen LogP contribution in [0.4, 0.5) is 0 Å². The second kappa shape index (κ2) is 13.5. The molecule has 0 spiro atoms. The van der Waals surface area contributed by atoms with E-state index in [1.165, 1.54) is 120 Å². The molecule has 0 saturated heterocycles. The fourth-order valence-electron chi connectivity index (χ4n) is 11.1. The van der Waals surface area contributed by atoms with E-state index < -0.39 is 0 Å². The van der Waals surface area contributed by atoms with Gasteiger partial charge in [-0.25, -0.2) is 0 Å². The summed E-state index contributed by atoms with van der Waals surface area (Å²) in [6, 6.07) is 85.3. The average Bonchev–Trinajstić information content (AvgIpc) is 3.88. The first-order valence-electron chi connectivity index (χ1n) is 22.2. The first-order chi connectivity index (χ1) is 31.8. The van der Waals surface area contributed by atoms with Gasteiger partial charge in [-0.15, -0.1) is 0 Å². The lowest BCUT2D eigenvalue weighted by atomic mass is 9.87. The minimum Gasteiger partial charge on any atom is -0.309 e. The Morgan fingerprint density at radius 1 is 0.188 bits per heavy atom. The summed E-state index contributed by atoms with van der Waals surface area (Å²) in [7, 11) is 0. The molecule has 0 saturated carbocycles. The van der Waals surface area contributed by atoms with E-state index in [9.17, 15) is 0 Å². The van der Waals surface area contributed by atoms with Crippen molar-refractivity contribution in [2.24, 2.45) is 0 Å². The van der Waals surface area contributed by atoms with Crippen LogP contribution in [0.15, 0.2) is 231 Å². The highest BCUT2D eigenvalue weighted by Gasteiger charge is 2.20. The van der Waals surface area contributed by atoms with Crippen molar-refractivity contribution >= 4 is 97.5 Å². The van der Waals surface area contributed by atoms with Crippen LogP contribution >= 0.6 is 0 Å². The third-order valence-corrected chi connectivity index (χ3v) is 13.8. The van der Waals surface area contributed by atoms with Crippen LogP contribution in [0.5, 0.6) is 0 Å². The average molecular weight is 811 g/mol. The lowest BCUT2D eigenvalue weighted by Gasteiger charge is -2.17. The van der Waals surface area contributed by atoms with Gasteiger partial charge in [-0.1, -0.05) is 170 Å². The minimum absolute atomic E-state index is 1.16. The van der Waals surface area contributed by atoms with Crippen molar-refractivity contribution in [3.05, 3.63) is 231 Å². The van der Waals surface area contributed by atoms with Crippen LogP contribution in [0.3, 0.4) is 0 Å². The lowest BCUT2D eigenvalue weighted by molar-refractivity contribution is 1.18. The predicted octanol–water partition coefficient (Wildman–Crippen LogP) is 17.0. The minimum atomic E-state index is 1.16. The Kier molecular flexibility index (Phi) is 7.43. The van der Waals surface area contributed by atoms with Gasteiger partial charge in [0.2, 0.25) is 0 Å². The molecule has 0 aliphatic heterocycles. The smallest absolute Gasteiger partial charge is 0.0541 e. The number of hydrogen-bond donors (Lipinski definition) is 0. The van der Waals surface area contributed by atoms with Crippen molar-refractivity contribution in [2.75, 3.05) is 0 Å². The fraction of sp³-hybridized carbons (Fsp3) is 0. The largest absolute Gasteiger partial charge is 0.309 e. The SMILES string of the molecule is c1ccc(-c2cccc(-n3c4ccccc4c4cc(-c5ccc6c(c5)c5ccccc5n6-c5ccc6c7ccccc7c7c8ccccc8c8ccccc8c7c6c5)ccc43)c2)cc1. The monoisotopic (exact) mass is 810 g/mol. The molecule has 0 N–H and O–H groups in total. The molecule has 0 fully saturated rings. The zero-order valence-electron chi connectivity index (χ0n) is 34.8. The summed E-state index contributed by atoms with van der Waals surface area (Å²) in [5.74, 6) is 0. The summed E-state index contributed by atoms with van der Waals surface area (Å²) in [6.45, 7) is 0. The topological polar surface area (TPSA) is 9.86 Å². The van der Waals surface area contributed by atoms with Crippen LogP contribution in [0.25, 0.3) is 131 Å². The number of aromatic nitrogens is 2. The van der Waals surface area contributed by atoms with E-state index in [0.29, 0.717) is 0 Å². The summed E-state index contributed by atoms with van der Waals surface area (Å²) < 4.78 is 4.89. The van der Waals surface area contributed by atoms with Crippen LogP contribution in [0, 0.1) is 0 Å². The maximum atomic E-state index is 2.47. The Labute approximate surface area is 369 Å². The Balaban J connectivity index is 0.967. The summed E-state index contributed by atoms with van der Waals surface area (Å²) in [4.78, 5) is 0. The Morgan fingerprint density at radius 2 is 0.578 bits per heavy atom. The number of fused-ring (bicyclic) bond motifs is 17. The maximum absolute atomic E-state index is 2.47. The third kappa shape index (κ3) is 5.02. The van der Waals surface area contributed by atoms with Crippen LogP contribution in [-0.2, 0) is 0 Å². The second-order valence-corrected chi connectivity index (χ2v) is 17.2. The van der Waals surface area contributed by atoms with Crippen molar-refractivity contribution in [1.29, 1.82) is 0 Å². The number of nitrogens with zero attached hydrogens (tertiary/aromatic N) is 2. The molecule has 64 heavy (non-hydrogen) atoms. The van der Waals surface area contributed by atoms with Crippen LogP contribution in [-0.4, -0.2) is 9.13 Å². The van der Waals surface area contributed by atoms with Crippen LogP contribution in [0.1, 0.15) is 0 Å². The van der Waals surface area contributed by atoms with Crippen LogP contribution < -0.4 is 0 Å². The standard InChI is InChI=1S/C62H38N2/c1-2-15-39(16-3-1)40-17-14-18-43(35-40)63-57-27-12-10-22-49(57)54-36-41(29-33-59(54)63)42-30-34-60-55(37-42)50-23-11-13-28-58(50)64(60)44-31-32-48-47-21-6-8-25-52(47)61-51-24-7-4-19-45(51)46-20-5-9-26-53(46)62(61)56(48)38-44/h1-38H. The zero-order valence-corrected chi connectivity index (χ0v) is 34.8. The Morgan fingerprint density at radius 3 is 1.12 bits per heavy atom. The molecule has 14 aromatic rings. The third-order valence-electron chi connectivity index (χ3n) is 13.8. The lowest BCUT2D eigenvalue weighted by Crippen LogP contribution is -1.95. The van der Waals surface area contributed by atoms with Crippen molar-refractivity contribution < 1.29 is 0 Å². The van der Waals surface area contributed by atoms with Crippen molar-refractivity contribution in [1.82, 2.24) is 9.13 Å². The summed E-state index contributed by atoms with van der Waals surface area (Å²) in [5, 5.41) is 17.9. The molecule has 0 aliphatic carbocycles. The first-order valence-corrected chi connectivity index (χ1v) is 22.2. The maximum Gasteiger partial charge on any atom is 0.0541 e. The number of para-hydroxylation sites is 2. The predicted molar refractivity (Wildman–Crippen MR) is 274 cm³/mol. The Bertz CT molecular complexity index is 4230. The van der Waals surface area contributed by atoms with Crippen molar-refractivity contribution in [3.8, 4) is 33.6 Å². The molecule has 2 aromatic heterocycles. The molecule has 2 nitrogen and oxygen atoms in total. The van der Waals surface area contributed by atoms with E-state index in [1.54, 1.807) is 0 Å². The molecule has 2 heteroatoms. The van der Waals surface area contributed by atoms with E-state index in [-0.39, 0.29) is 0 Å². The van der Waals surface area contributed by atoms with E-state index in [0.717, 1.165) is 11.4 Å². The van der Waals surface area contributed by atoms with Gasteiger partial charge in [0.1, 0.15) is 0 Å². The molecule has 12 aromatic carbocycles. The van der Waals surface area contributed by atoms with E-state index in [4.69, 9.17) is 0 Å². The summed E-state index contributed by atoms with van der Waals surface area (Å²) in [5.41, 5.74) is 11.9. The van der Waals surface area contributed by atoms with E-state index in [2.05, 4.69) is 240 Å². The van der Waals surface area contributed by atoms with Gasteiger partial charge in [0.05, 0.1) is 22.1 Å². The molecular formula is C62H38N2. The quantitative estimate of drug-likeness (QED) is 0.157. The number of hydrogen-bond acceptors (Lipinski definition) is 0. The number of benzene rings is 12. The normalized spacial score (nSPS) is 12.1. The molecule has 0 aliphatic rings. The van der Waals surface area contributed by atoms with Crippen molar-refractivity contribution in [3.63, 3.8) is 0 Å².